The number of rotatable bonds is 2. The van der Waals surface area contributed by atoms with E-state index in [4.69, 9.17) is 5.11 Å². The zero-order chi connectivity index (χ0) is 14.4. The van der Waals surface area contributed by atoms with Crippen molar-refractivity contribution in [2.45, 2.75) is 0 Å². The molecule has 0 fully saturated rings. The lowest BCUT2D eigenvalue weighted by Gasteiger charge is -2.06. The Hall–Kier alpha value is -2.71. The van der Waals surface area contributed by atoms with Gasteiger partial charge in [0, 0.05) is 5.56 Å². The zero-order valence-electron chi connectivity index (χ0n) is 10.4. The lowest BCUT2D eigenvalue weighted by Crippen LogP contribution is -2.14. The second-order valence-corrected chi connectivity index (χ2v) is 3.82. The molecular formula is C15H11FN2O2. The number of aromatic nitrogens is 1. The number of amides is 1. The molecule has 20 heavy (non-hydrogen) atoms. The Kier molecular flexibility index (Phi) is 4.43. The van der Waals surface area contributed by atoms with Gasteiger partial charge in [0.15, 0.2) is 0 Å². The van der Waals surface area contributed by atoms with Crippen LogP contribution in [-0.4, -0.2) is 22.6 Å². The quantitative estimate of drug-likeness (QED) is 0.818. The van der Waals surface area contributed by atoms with Crippen LogP contribution in [0.1, 0.15) is 15.9 Å². The van der Waals surface area contributed by atoms with E-state index in [2.05, 4.69) is 22.1 Å². The van der Waals surface area contributed by atoms with Crippen molar-refractivity contribution in [1.29, 1.82) is 0 Å². The van der Waals surface area contributed by atoms with Crippen LogP contribution < -0.4 is 5.32 Å². The van der Waals surface area contributed by atoms with E-state index < -0.39 is 11.7 Å². The van der Waals surface area contributed by atoms with Gasteiger partial charge in [-0.05, 0) is 24.3 Å². The number of carbonyl (C=O) groups excluding carboxylic acids is 1. The molecule has 2 aromatic rings. The summed E-state index contributed by atoms with van der Waals surface area (Å²) in [5.41, 5.74) is 0.862. The smallest absolute Gasteiger partial charge is 0.258 e. The minimum Gasteiger partial charge on any atom is -0.384 e. The number of hydrogen-bond acceptors (Lipinski definition) is 3. The van der Waals surface area contributed by atoms with Gasteiger partial charge in [0.1, 0.15) is 18.2 Å². The highest BCUT2D eigenvalue weighted by Gasteiger charge is 2.10. The normalized spacial score (nSPS) is 9.50. The number of benzene rings is 1. The number of aliphatic hydroxyl groups excluding tert-OH is 1. The summed E-state index contributed by atoms with van der Waals surface area (Å²) in [4.78, 5) is 15.9. The molecule has 1 heterocycles. The molecule has 0 aliphatic carbocycles. The van der Waals surface area contributed by atoms with Crippen LogP contribution >= 0.6 is 0 Å². The van der Waals surface area contributed by atoms with E-state index >= 15 is 0 Å². The molecule has 0 spiro atoms. The maximum absolute atomic E-state index is 12.7. The van der Waals surface area contributed by atoms with Gasteiger partial charge in [-0.2, -0.15) is 0 Å². The van der Waals surface area contributed by atoms with Crippen LogP contribution in [0.5, 0.6) is 0 Å². The molecule has 1 aromatic carbocycles. The maximum atomic E-state index is 12.7. The summed E-state index contributed by atoms with van der Waals surface area (Å²) in [6.07, 6.45) is 1.02. The van der Waals surface area contributed by atoms with E-state index in [1.807, 2.05) is 0 Å². The molecule has 100 valence electrons. The third-order valence-corrected chi connectivity index (χ3v) is 2.44. The summed E-state index contributed by atoms with van der Waals surface area (Å²) in [6.45, 7) is -0.282. The molecule has 0 atom stereocenters. The molecule has 0 saturated heterocycles. The van der Waals surface area contributed by atoms with Crippen LogP contribution in [0.3, 0.4) is 0 Å². The summed E-state index contributed by atoms with van der Waals surface area (Å²) in [7, 11) is 0. The summed E-state index contributed by atoms with van der Waals surface area (Å²) in [6, 6.07) is 9.32. The van der Waals surface area contributed by atoms with Gasteiger partial charge >= 0.3 is 0 Å². The number of hydrogen-bond donors (Lipinski definition) is 2. The molecule has 2 rings (SSSR count). The van der Waals surface area contributed by atoms with Crippen molar-refractivity contribution in [2.24, 2.45) is 0 Å². The highest BCUT2D eigenvalue weighted by atomic mass is 19.1. The Morgan fingerprint density at radius 2 is 2.10 bits per heavy atom. The van der Waals surface area contributed by atoms with Crippen LogP contribution in [0.15, 0.2) is 42.6 Å². The first-order chi connectivity index (χ1) is 9.70. The summed E-state index contributed by atoms with van der Waals surface area (Å²) >= 11 is 0. The lowest BCUT2D eigenvalue weighted by atomic mass is 10.1. The fourth-order valence-corrected chi connectivity index (χ4v) is 1.56. The number of anilines is 1. The Morgan fingerprint density at radius 3 is 2.80 bits per heavy atom. The molecule has 0 aliphatic rings. The van der Waals surface area contributed by atoms with E-state index in [-0.39, 0.29) is 12.4 Å². The lowest BCUT2D eigenvalue weighted by molar-refractivity contribution is 0.102. The van der Waals surface area contributed by atoms with Crippen molar-refractivity contribution in [3.8, 4) is 11.8 Å². The van der Waals surface area contributed by atoms with Gasteiger partial charge in [-0.1, -0.05) is 24.0 Å². The van der Waals surface area contributed by atoms with E-state index in [1.165, 1.54) is 12.1 Å². The van der Waals surface area contributed by atoms with Gasteiger partial charge in [-0.15, -0.1) is 0 Å². The molecule has 0 unspecified atom stereocenters. The fraction of sp³-hybridized carbons (Fsp3) is 0.0667. The van der Waals surface area contributed by atoms with Crippen LogP contribution in [-0.2, 0) is 0 Å². The molecule has 1 aromatic heterocycles. The van der Waals surface area contributed by atoms with Crippen molar-refractivity contribution in [3.63, 3.8) is 0 Å². The Morgan fingerprint density at radius 1 is 1.30 bits per heavy atom. The highest BCUT2D eigenvalue weighted by Crippen LogP contribution is 2.11. The minimum absolute atomic E-state index is 0.251. The summed E-state index contributed by atoms with van der Waals surface area (Å²) in [5, 5.41) is 11.3. The average Bonchev–Trinajstić information content (AvgIpc) is 2.47. The fourth-order valence-electron chi connectivity index (χ4n) is 1.56. The van der Waals surface area contributed by atoms with E-state index in [0.717, 1.165) is 6.20 Å². The molecule has 2 N–H and O–H groups in total. The molecule has 0 aliphatic heterocycles. The largest absolute Gasteiger partial charge is 0.384 e. The standard InChI is InChI=1S/C15H11FN2O2/c16-12-7-8-14(17-10-12)18-15(20)13-6-2-1-4-11(13)5-3-9-19/h1-2,4,6-8,10,19H,9H2,(H,17,18,20). The minimum atomic E-state index is -0.475. The van der Waals surface area contributed by atoms with Crippen LogP contribution in [0, 0.1) is 17.7 Å². The number of halogens is 1. The third kappa shape index (κ3) is 3.40. The van der Waals surface area contributed by atoms with Gasteiger partial charge in [-0.3, -0.25) is 4.79 Å². The number of aliphatic hydroxyl groups is 1. The molecular weight excluding hydrogens is 259 g/mol. The molecule has 0 radical (unpaired) electrons. The number of nitrogens with one attached hydrogen (secondary N) is 1. The summed E-state index contributed by atoms with van der Waals surface area (Å²) in [5.74, 6) is 4.57. The average molecular weight is 270 g/mol. The Balaban J connectivity index is 2.23. The van der Waals surface area contributed by atoms with Crippen molar-refractivity contribution in [3.05, 3.63) is 59.5 Å². The highest BCUT2D eigenvalue weighted by molar-refractivity contribution is 6.05. The van der Waals surface area contributed by atoms with Crippen LogP contribution in [0.2, 0.25) is 0 Å². The predicted octanol–water partition coefficient (Wildman–Crippen LogP) is 1.82. The van der Waals surface area contributed by atoms with Gasteiger partial charge in [0.05, 0.1) is 11.8 Å². The first-order valence-corrected chi connectivity index (χ1v) is 5.82. The predicted molar refractivity (Wildman–Crippen MR) is 72.6 cm³/mol. The molecule has 0 saturated carbocycles. The second kappa shape index (κ2) is 6.45. The van der Waals surface area contributed by atoms with Gasteiger partial charge in [0.25, 0.3) is 5.91 Å². The van der Waals surface area contributed by atoms with Crippen molar-refractivity contribution < 1.29 is 14.3 Å². The summed E-state index contributed by atoms with van der Waals surface area (Å²) < 4.78 is 12.7. The molecule has 0 bridgehead atoms. The second-order valence-electron chi connectivity index (χ2n) is 3.82. The van der Waals surface area contributed by atoms with Crippen molar-refractivity contribution >= 4 is 11.7 Å². The SMILES string of the molecule is O=C(Nc1ccc(F)cn1)c1ccccc1C#CCO. The maximum Gasteiger partial charge on any atom is 0.258 e. The van der Waals surface area contributed by atoms with Gasteiger partial charge in [0.2, 0.25) is 0 Å². The van der Waals surface area contributed by atoms with E-state index in [1.54, 1.807) is 24.3 Å². The number of carbonyl (C=O) groups is 1. The van der Waals surface area contributed by atoms with Gasteiger partial charge in [-0.25, -0.2) is 9.37 Å². The van der Waals surface area contributed by atoms with E-state index in [0.29, 0.717) is 11.1 Å². The first-order valence-electron chi connectivity index (χ1n) is 5.82. The van der Waals surface area contributed by atoms with E-state index in [9.17, 15) is 9.18 Å². The van der Waals surface area contributed by atoms with Crippen LogP contribution in [0.4, 0.5) is 10.2 Å². The van der Waals surface area contributed by atoms with Crippen molar-refractivity contribution in [1.82, 2.24) is 4.98 Å². The molecule has 5 heteroatoms. The number of pyridine rings is 1. The third-order valence-electron chi connectivity index (χ3n) is 2.44. The first kappa shape index (κ1) is 13.7. The topological polar surface area (TPSA) is 62.2 Å². The monoisotopic (exact) mass is 270 g/mol. The number of nitrogens with zero attached hydrogens (tertiary/aromatic N) is 1. The Bertz CT molecular complexity index is 672. The zero-order valence-corrected chi connectivity index (χ0v) is 10.4. The molecule has 1 amide bonds. The van der Waals surface area contributed by atoms with Crippen molar-refractivity contribution in [2.75, 3.05) is 11.9 Å². The molecule has 4 nitrogen and oxygen atoms in total. The Labute approximate surface area is 115 Å². The van der Waals surface area contributed by atoms with Crippen LogP contribution in [0.25, 0.3) is 0 Å². The van der Waals surface area contributed by atoms with Gasteiger partial charge < -0.3 is 10.4 Å².